The Balaban J connectivity index is 3.00. The van der Waals surface area contributed by atoms with Crippen LogP contribution < -0.4 is 15.5 Å². The third-order valence-electron chi connectivity index (χ3n) is 3.21. The van der Waals surface area contributed by atoms with Gasteiger partial charge in [0.05, 0.1) is 0 Å². The third kappa shape index (κ3) is 4.22. The molecule has 0 spiro atoms. The average Bonchev–Trinajstić information content (AvgIpc) is 2.45. The Morgan fingerprint density at radius 2 is 1.53 bits per heavy atom. The fourth-order valence-corrected chi connectivity index (χ4v) is 1.86. The van der Waals surface area contributed by atoms with E-state index in [1.165, 1.54) is 0 Å². The van der Waals surface area contributed by atoms with E-state index in [2.05, 4.69) is 58.2 Å². The van der Waals surface area contributed by atoms with Gasteiger partial charge in [0.25, 0.3) is 0 Å². The largest absolute Gasteiger partial charge is 0.357 e. The first-order valence-corrected chi connectivity index (χ1v) is 7.13. The van der Waals surface area contributed by atoms with E-state index < -0.39 is 0 Å². The molecule has 0 saturated heterocycles. The molecule has 0 aliphatic carbocycles. The number of hydrogen-bond donors (Lipinski definition) is 2. The molecule has 0 saturated carbocycles. The molecule has 0 bridgehead atoms. The smallest absolute Gasteiger partial charge is 0.231 e. The van der Waals surface area contributed by atoms with Crippen LogP contribution in [0.25, 0.3) is 0 Å². The molecule has 6 heteroatoms. The van der Waals surface area contributed by atoms with Crippen LogP contribution in [-0.2, 0) is 0 Å². The van der Waals surface area contributed by atoms with Gasteiger partial charge in [-0.05, 0) is 26.7 Å². The van der Waals surface area contributed by atoms with Crippen molar-refractivity contribution in [2.75, 3.05) is 35.7 Å². The molecule has 1 rings (SSSR count). The van der Waals surface area contributed by atoms with E-state index in [4.69, 9.17) is 0 Å². The lowest BCUT2D eigenvalue weighted by molar-refractivity contribution is 0.663. The number of nitrogens with one attached hydrogen (secondary N) is 2. The minimum Gasteiger partial charge on any atom is -0.357 e. The molecule has 1 aromatic rings. The third-order valence-corrected chi connectivity index (χ3v) is 3.21. The van der Waals surface area contributed by atoms with E-state index in [1.807, 2.05) is 7.05 Å². The summed E-state index contributed by atoms with van der Waals surface area (Å²) in [5.74, 6) is 1.97. The number of nitrogens with zero attached hydrogens (tertiary/aromatic N) is 4. The van der Waals surface area contributed by atoms with E-state index in [0.717, 1.165) is 31.9 Å². The summed E-state index contributed by atoms with van der Waals surface area (Å²) in [6.07, 6.45) is 2.11. The maximum absolute atomic E-state index is 4.51. The van der Waals surface area contributed by atoms with Crippen LogP contribution >= 0.6 is 0 Å². The van der Waals surface area contributed by atoms with Crippen molar-refractivity contribution < 1.29 is 0 Å². The van der Waals surface area contributed by atoms with Crippen molar-refractivity contribution in [3.8, 4) is 0 Å². The lowest BCUT2D eigenvalue weighted by atomic mass is 10.2. The van der Waals surface area contributed by atoms with E-state index in [0.29, 0.717) is 17.9 Å². The monoisotopic (exact) mass is 266 g/mol. The van der Waals surface area contributed by atoms with Gasteiger partial charge in [-0.25, -0.2) is 0 Å². The Kier molecular flexibility index (Phi) is 6.32. The second-order valence-corrected chi connectivity index (χ2v) is 4.36. The van der Waals surface area contributed by atoms with Gasteiger partial charge in [0.15, 0.2) is 0 Å². The van der Waals surface area contributed by atoms with Crippen LogP contribution in [0.2, 0.25) is 0 Å². The van der Waals surface area contributed by atoms with E-state index in [9.17, 15) is 0 Å². The topological polar surface area (TPSA) is 66.0 Å². The fraction of sp³-hybridized carbons (Fsp3) is 0.769. The zero-order valence-electron chi connectivity index (χ0n) is 12.7. The number of aromatic nitrogens is 3. The minimum absolute atomic E-state index is 0.400. The van der Waals surface area contributed by atoms with Gasteiger partial charge in [-0.1, -0.05) is 13.8 Å². The van der Waals surface area contributed by atoms with Crippen molar-refractivity contribution >= 4 is 17.8 Å². The zero-order chi connectivity index (χ0) is 14.3. The van der Waals surface area contributed by atoms with Crippen LogP contribution in [0.15, 0.2) is 0 Å². The second kappa shape index (κ2) is 7.76. The average molecular weight is 266 g/mol. The molecule has 0 aliphatic heterocycles. The molecule has 108 valence electrons. The Morgan fingerprint density at radius 3 is 2.00 bits per heavy atom. The van der Waals surface area contributed by atoms with Gasteiger partial charge in [-0.2, -0.15) is 15.0 Å². The summed E-state index contributed by atoms with van der Waals surface area (Å²) in [5.41, 5.74) is 0. The molecule has 1 aromatic heterocycles. The first-order chi connectivity index (χ1) is 9.18. The van der Waals surface area contributed by atoms with Gasteiger partial charge >= 0.3 is 0 Å². The van der Waals surface area contributed by atoms with Crippen molar-refractivity contribution in [3.05, 3.63) is 0 Å². The maximum Gasteiger partial charge on any atom is 0.231 e. The van der Waals surface area contributed by atoms with Gasteiger partial charge in [0, 0.05) is 26.2 Å². The van der Waals surface area contributed by atoms with Gasteiger partial charge in [-0.15, -0.1) is 0 Å². The summed E-state index contributed by atoms with van der Waals surface area (Å²) in [6.45, 7) is 10.3. The van der Waals surface area contributed by atoms with E-state index >= 15 is 0 Å². The van der Waals surface area contributed by atoms with Gasteiger partial charge in [0.1, 0.15) is 0 Å². The Hall–Kier alpha value is -1.59. The molecular weight excluding hydrogens is 240 g/mol. The van der Waals surface area contributed by atoms with Crippen LogP contribution in [0, 0.1) is 0 Å². The van der Waals surface area contributed by atoms with E-state index in [1.54, 1.807) is 0 Å². The van der Waals surface area contributed by atoms with Gasteiger partial charge < -0.3 is 15.5 Å². The maximum atomic E-state index is 4.51. The van der Waals surface area contributed by atoms with Crippen LogP contribution in [0.3, 0.4) is 0 Å². The first kappa shape index (κ1) is 15.5. The molecule has 0 aromatic carbocycles. The minimum atomic E-state index is 0.400. The molecule has 1 heterocycles. The molecule has 0 fully saturated rings. The van der Waals surface area contributed by atoms with Crippen LogP contribution in [0.1, 0.15) is 40.5 Å². The molecule has 0 unspecified atom stereocenters. The molecule has 19 heavy (non-hydrogen) atoms. The number of rotatable bonds is 8. The normalized spacial score (nSPS) is 10.6. The highest BCUT2D eigenvalue weighted by atomic mass is 15.3. The number of anilines is 3. The summed E-state index contributed by atoms with van der Waals surface area (Å²) in [5, 5.41) is 6.36. The van der Waals surface area contributed by atoms with Gasteiger partial charge in [0.2, 0.25) is 17.8 Å². The Bertz CT molecular complexity index is 373. The predicted molar refractivity (Wildman–Crippen MR) is 80.9 cm³/mol. The lowest BCUT2D eigenvalue weighted by Gasteiger charge is -2.21. The highest BCUT2D eigenvalue weighted by molar-refractivity contribution is 5.43. The number of hydrogen-bond acceptors (Lipinski definition) is 6. The standard InChI is InChI=1S/C13H26N6/c1-6-10(7-2)15-12-16-11(14-5)17-13(18-12)19(8-3)9-4/h10H,6-9H2,1-5H3,(H2,14,15,16,17,18). The highest BCUT2D eigenvalue weighted by Gasteiger charge is 2.12. The first-order valence-electron chi connectivity index (χ1n) is 7.13. The molecule has 2 N–H and O–H groups in total. The van der Waals surface area contributed by atoms with Crippen LogP contribution in [0.4, 0.5) is 17.8 Å². The fourth-order valence-electron chi connectivity index (χ4n) is 1.86. The quantitative estimate of drug-likeness (QED) is 0.753. The highest BCUT2D eigenvalue weighted by Crippen LogP contribution is 2.15. The lowest BCUT2D eigenvalue weighted by Crippen LogP contribution is -2.26. The Morgan fingerprint density at radius 1 is 0.947 bits per heavy atom. The van der Waals surface area contributed by atoms with Crippen molar-refractivity contribution in [2.24, 2.45) is 0 Å². The molecule has 0 aliphatic rings. The second-order valence-electron chi connectivity index (χ2n) is 4.36. The summed E-state index contributed by atoms with van der Waals surface area (Å²) in [7, 11) is 1.82. The molecular formula is C13H26N6. The summed E-state index contributed by atoms with van der Waals surface area (Å²) < 4.78 is 0. The van der Waals surface area contributed by atoms with E-state index in [-0.39, 0.29) is 0 Å². The summed E-state index contributed by atoms with van der Waals surface area (Å²) in [6, 6.07) is 0.400. The Labute approximate surface area is 116 Å². The van der Waals surface area contributed by atoms with Crippen molar-refractivity contribution in [3.63, 3.8) is 0 Å². The van der Waals surface area contributed by atoms with Crippen LogP contribution in [0.5, 0.6) is 0 Å². The summed E-state index contributed by atoms with van der Waals surface area (Å²) in [4.78, 5) is 15.4. The van der Waals surface area contributed by atoms with Gasteiger partial charge in [-0.3, -0.25) is 0 Å². The zero-order valence-corrected chi connectivity index (χ0v) is 12.7. The van der Waals surface area contributed by atoms with Crippen molar-refractivity contribution in [2.45, 2.75) is 46.6 Å². The van der Waals surface area contributed by atoms with Crippen LogP contribution in [-0.4, -0.2) is 41.1 Å². The molecule has 6 nitrogen and oxygen atoms in total. The molecule has 0 radical (unpaired) electrons. The molecule has 0 amide bonds. The van der Waals surface area contributed by atoms with Crippen molar-refractivity contribution in [1.82, 2.24) is 15.0 Å². The SMILES string of the molecule is CCC(CC)Nc1nc(NC)nc(N(CC)CC)n1. The van der Waals surface area contributed by atoms with Crippen molar-refractivity contribution in [1.29, 1.82) is 0 Å². The summed E-state index contributed by atoms with van der Waals surface area (Å²) >= 11 is 0. The predicted octanol–water partition coefficient (Wildman–Crippen LogP) is 2.36. The molecule has 0 atom stereocenters.